The van der Waals surface area contributed by atoms with Crippen molar-refractivity contribution in [3.8, 4) is 5.75 Å². The van der Waals surface area contributed by atoms with E-state index in [4.69, 9.17) is 4.74 Å². The second-order valence-electron chi connectivity index (χ2n) is 6.04. The summed E-state index contributed by atoms with van der Waals surface area (Å²) in [7, 11) is -0.943. The first-order chi connectivity index (χ1) is 10.3. The van der Waals surface area contributed by atoms with Crippen LogP contribution in [0.1, 0.15) is 26.3 Å². The first-order valence-corrected chi connectivity index (χ1v) is 8.70. The second kappa shape index (κ2) is 6.92. The summed E-state index contributed by atoms with van der Waals surface area (Å²) in [6, 6.07) is 9.59. The van der Waals surface area contributed by atoms with Gasteiger partial charge in [-0.1, -0.05) is 12.1 Å². The van der Waals surface area contributed by atoms with Crippen LogP contribution in [0, 0.1) is 0 Å². The van der Waals surface area contributed by atoms with Gasteiger partial charge in [-0.05, 0) is 38.5 Å². The van der Waals surface area contributed by atoms with Gasteiger partial charge in [0.2, 0.25) is 0 Å². The highest BCUT2D eigenvalue weighted by Gasteiger charge is 2.14. The summed E-state index contributed by atoms with van der Waals surface area (Å²) < 4.78 is 17.3. The average molecular weight is 318 g/mol. The van der Waals surface area contributed by atoms with Gasteiger partial charge in [-0.3, -0.25) is 9.19 Å². The third-order valence-electron chi connectivity index (χ3n) is 2.94. The highest BCUT2D eigenvalue weighted by molar-refractivity contribution is 7.84. The number of anilines is 1. The van der Waals surface area contributed by atoms with E-state index in [0.717, 1.165) is 21.9 Å². The van der Waals surface area contributed by atoms with Crippen molar-refractivity contribution in [1.82, 2.24) is 4.98 Å². The van der Waals surface area contributed by atoms with Crippen molar-refractivity contribution in [3.63, 3.8) is 0 Å². The summed E-state index contributed by atoms with van der Waals surface area (Å²) in [5, 5.41) is 3.34. The largest absolute Gasteiger partial charge is 0.486 e. The minimum absolute atomic E-state index is 0.259. The number of nitrogens with one attached hydrogen (secondary N) is 1. The van der Waals surface area contributed by atoms with Crippen LogP contribution < -0.4 is 10.1 Å². The molecule has 0 aliphatic heterocycles. The van der Waals surface area contributed by atoms with Crippen LogP contribution >= 0.6 is 0 Å². The van der Waals surface area contributed by atoms with E-state index < -0.39 is 10.8 Å². The lowest BCUT2D eigenvalue weighted by Crippen LogP contribution is -2.23. The predicted molar refractivity (Wildman–Crippen MR) is 90.7 cm³/mol. The number of pyridine rings is 1. The molecule has 0 spiro atoms. The van der Waals surface area contributed by atoms with Crippen LogP contribution in [0.3, 0.4) is 0 Å². The van der Waals surface area contributed by atoms with E-state index in [2.05, 4.69) is 10.3 Å². The van der Waals surface area contributed by atoms with Gasteiger partial charge >= 0.3 is 0 Å². The van der Waals surface area contributed by atoms with E-state index in [9.17, 15) is 4.21 Å². The number of ether oxygens (including phenoxy) is 1. The monoisotopic (exact) mass is 318 g/mol. The highest BCUT2D eigenvalue weighted by atomic mass is 32.2. The van der Waals surface area contributed by atoms with E-state index >= 15 is 0 Å². The molecule has 1 N–H and O–H groups in total. The molecule has 0 saturated heterocycles. The Morgan fingerprint density at radius 3 is 2.45 bits per heavy atom. The fraction of sp³-hybridized carbons (Fsp3) is 0.353. The Kier molecular flexibility index (Phi) is 5.19. The van der Waals surface area contributed by atoms with Crippen LogP contribution in [0.5, 0.6) is 5.75 Å². The molecule has 1 aromatic heterocycles. The maximum absolute atomic E-state index is 11.4. The second-order valence-corrected chi connectivity index (χ2v) is 7.42. The van der Waals surface area contributed by atoms with Crippen molar-refractivity contribution in [3.05, 3.63) is 48.3 Å². The maximum Gasteiger partial charge on any atom is 0.146 e. The normalized spacial score (nSPS) is 12.7. The zero-order valence-corrected chi connectivity index (χ0v) is 14.2. The molecule has 2 aromatic rings. The zero-order valence-electron chi connectivity index (χ0n) is 13.4. The minimum Gasteiger partial charge on any atom is -0.486 e. The molecule has 1 atom stereocenters. The van der Waals surface area contributed by atoms with Gasteiger partial charge in [-0.15, -0.1) is 0 Å². The topological polar surface area (TPSA) is 51.2 Å². The molecule has 0 aliphatic rings. The smallest absolute Gasteiger partial charge is 0.146 e. The average Bonchev–Trinajstić information content (AvgIpc) is 2.45. The van der Waals surface area contributed by atoms with Crippen LogP contribution in [-0.4, -0.2) is 21.0 Å². The van der Waals surface area contributed by atoms with Gasteiger partial charge in [0, 0.05) is 40.8 Å². The number of aromatic nitrogens is 1. The van der Waals surface area contributed by atoms with Crippen molar-refractivity contribution in [2.45, 2.75) is 37.8 Å². The Hall–Kier alpha value is -1.88. The summed E-state index contributed by atoms with van der Waals surface area (Å²) in [5.41, 5.74) is 1.71. The SMILES string of the molecule is CS(=O)c1ccc(CNc2cnccc2OC(C)(C)C)cc1. The van der Waals surface area contributed by atoms with Crippen LogP contribution in [0.4, 0.5) is 5.69 Å². The molecule has 0 bridgehead atoms. The van der Waals surface area contributed by atoms with Crippen molar-refractivity contribution in [2.24, 2.45) is 0 Å². The molecule has 0 aliphatic carbocycles. The molecule has 1 aromatic carbocycles. The lowest BCUT2D eigenvalue weighted by atomic mass is 10.2. The maximum atomic E-state index is 11.4. The Balaban J connectivity index is 2.06. The molecule has 2 rings (SSSR count). The van der Waals surface area contributed by atoms with Gasteiger partial charge < -0.3 is 10.1 Å². The zero-order chi connectivity index (χ0) is 16.2. The third-order valence-corrected chi connectivity index (χ3v) is 3.87. The van der Waals surface area contributed by atoms with Crippen LogP contribution in [0.25, 0.3) is 0 Å². The van der Waals surface area contributed by atoms with Crippen LogP contribution in [0.2, 0.25) is 0 Å². The van der Waals surface area contributed by atoms with Crippen molar-refractivity contribution in [1.29, 1.82) is 0 Å². The Labute approximate surface area is 134 Å². The van der Waals surface area contributed by atoms with Crippen molar-refractivity contribution >= 4 is 16.5 Å². The molecule has 118 valence electrons. The van der Waals surface area contributed by atoms with Crippen molar-refractivity contribution in [2.75, 3.05) is 11.6 Å². The van der Waals surface area contributed by atoms with E-state index in [1.807, 2.05) is 51.1 Å². The van der Waals surface area contributed by atoms with Gasteiger partial charge in [0.25, 0.3) is 0 Å². The number of benzene rings is 1. The molecular weight excluding hydrogens is 296 g/mol. The lowest BCUT2D eigenvalue weighted by Gasteiger charge is -2.23. The quantitative estimate of drug-likeness (QED) is 0.915. The van der Waals surface area contributed by atoms with Gasteiger partial charge in [-0.25, -0.2) is 0 Å². The number of rotatable bonds is 5. The Morgan fingerprint density at radius 1 is 1.18 bits per heavy atom. The van der Waals surface area contributed by atoms with E-state index in [1.165, 1.54) is 0 Å². The molecule has 0 saturated carbocycles. The summed E-state index contributed by atoms with van der Waals surface area (Å²) in [6.07, 6.45) is 5.16. The van der Waals surface area contributed by atoms with E-state index in [0.29, 0.717) is 6.54 Å². The molecule has 1 unspecified atom stereocenters. The molecule has 4 nitrogen and oxygen atoms in total. The van der Waals surface area contributed by atoms with E-state index in [-0.39, 0.29) is 5.60 Å². The Morgan fingerprint density at radius 2 is 1.86 bits per heavy atom. The summed E-state index contributed by atoms with van der Waals surface area (Å²) in [4.78, 5) is 4.98. The minimum atomic E-state index is -0.943. The highest BCUT2D eigenvalue weighted by Crippen LogP contribution is 2.27. The molecule has 0 fully saturated rings. The van der Waals surface area contributed by atoms with E-state index in [1.54, 1.807) is 18.6 Å². The number of nitrogens with zero attached hydrogens (tertiary/aromatic N) is 1. The van der Waals surface area contributed by atoms with Gasteiger partial charge in [0.1, 0.15) is 11.4 Å². The molecule has 22 heavy (non-hydrogen) atoms. The lowest BCUT2D eigenvalue weighted by molar-refractivity contribution is 0.131. The molecule has 0 amide bonds. The van der Waals surface area contributed by atoms with Gasteiger partial charge in [-0.2, -0.15) is 0 Å². The van der Waals surface area contributed by atoms with Gasteiger partial charge in [0.15, 0.2) is 0 Å². The summed E-state index contributed by atoms with van der Waals surface area (Å²) in [6.45, 7) is 6.70. The van der Waals surface area contributed by atoms with Gasteiger partial charge in [0.05, 0.1) is 11.9 Å². The molecular formula is C17H22N2O2S. The molecule has 5 heteroatoms. The predicted octanol–water partition coefficient (Wildman–Crippen LogP) is 3.61. The molecule has 1 heterocycles. The first-order valence-electron chi connectivity index (χ1n) is 7.14. The fourth-order valence-corrected chi connectivity index (χ4v) is 2.45. The van der Waals surface area contributed by atoms with Crippen molar-refractivity contribution < 1.29 is 8.95 Å². The molecule has 0 radical (unpaired) electrons. The third kappa shape index (κ3) is 4.84. The van der Waals surface area contributed by atoms with Crippen LogP contribution in [-0.2, 0) is 17.3 Å². The summed E-state index contributed by atoms with van der Waals surface area (Å²) in [5.74, 6) is 0.786. The first kappa shape index (κ1) is 16.5. The van der Waals surface area contributed by atoms with Crippen LogP contribution in [0.15, 0.2) is 47.6 Å². The standard InChI is InChI=1S/C17H22N2O2S/c1-17(2,3)21-16-9-10-18-12-15(16)19-11-13-5-7-14(8-6-13)22(4)20/h5-10,12,19H,11H2,1-4H3. The number of hydrogen-bond acceptors (Lipinski definition) is 4. The number of hydrogen-bond donors (Lipinski definition) is 1. The Bertz CT molecular complexity index is 648. The summed E-state index contributed by atoms with van der Waals surface area (Å²) >= 11 is 0. The fourth-order valence-electron chi connectivity index (χ4n) is 1.93.